The maximum Gasteiger partial charge on any atom is 0.187 e. The van der Waals surface area contributed by atoms with Gasteiger partial charge >= 0.3 is 0 Å². The van der Waals surface area contributed by atoms with Crippen LogP contribution in [-0.2, 0) is 75.8 Å². The Morgan fingerprint density at radius 1 is 0.205 bits per heavy atom. The van der Waals surface area contributed by atoms with Crippen LogP contribution in [-0.4, -0.2) is 421 Å². The summed E-state index contributed by atoms with van der Waals surface area (Å²) in [6.07, 6.45) is -82.0. The molecular weight excluding hydrogens is 1220 g/mol. The lowest BCUT2D eigenvalue weighted by Gasteiger charge is -2.51. The van der Waals surface area contributed by atoms with Crippen LogP contribution in [0, 0.1) is 0 Å². The summed E-state index contributed by atoms with van der Waals surface area (Å²) in [6.45, 7) is -8.43. The maximum absolute atomic E-state index is 11.9. The SMILES string of the molecule is OC[C@H]1O[C@H](O[C@H]2[C@H](O)[C@@H](O)[C@H](OC[C@H]3O[C@@H]4O[C@H]5[C@H](O)[C@@H](O)[C@@H](O[C@H]6[C@H](O)[C@@H](O)[C@@H](O[C@H]7[C@H](O)[C@@H](O)[C@@H](O[C@H]8[C@H](O)[C@@H](O)[C@@H](O[C@H]9[C@H](O)[C@@H](O)[C@@H](O[C@H]3[C@H](O)[C@H]4O)O[C@@H]9CO)O[C@@H]8CO)O[C@@H]7CO)O[C@@H]6CO)O[C@@H]5CO)O[C@@H]2CO)[C@H](O)[C@@H](O)[C@@H]1O. The van der Waals surface area contributed by atoms with Crippen LogP contribution in [0.25, 0.3) is 0 Å². The van der Waals surface area contributed by atoms with Crippen molar-refractivity contribution in [1.82, 2.24) is 0 Å². The molecule has 40 heteroatoms. The summed E-state index contributed by atoms with van der Waals surface area (Å²) in [6, 6.07) is 0. The van der Waals surface area contributed by atoms with Gasteiger partial charge in [0.25, 0.3) is 0 Å². The van der Waals surface area contributed by atoms with Crippen LogP contribution in [0.4, 0.5) is 0 Å². The second kappa shape index (κ2) is 30.0. The van der Waals surface area contributed by atoms with Gasteiger partial charge in [-0.15, -0.1) is 0 Å². The summed E-state index contributed by atoms with van der Waals surface area (Å²) < 4.78 is 91.7. The third-order valence-electron chi connectivity index (χ3n) is 16.9. The highest BCUT2D eigenvalue weighted by molar-refractivity contribution is 5.02. The van der Waals surface area contributed by atoms with Crippen LogP contribution in [0.15, 0.2) is 0 Å². The van der Waals surface area contributed by atoms with Gasteiger partial charge in [0.05, 0.1) is 52.9 Å². The molecule has 512 valence electrons. The monoisotopic (exact) mass is 1300 g/mol. The van der Waals surface area contributed by atoms with Crippen molar-refractivity contribution >= 4 is 0 Å². The second-order valence-electron chi connectivity index (χ2n) is 22.5. The van der Waals surface area contributed by atoms with Gasteiger partial charge < -0.3 is 198 Å². The van der Waals surface area contributed by atoms with Gasteiger partial charge in [0.2, 0.25) is 0 Å². The van der Waals surface area contributed by atoms with E-state index in [2.05, 4.69) is 0 Å². The number of ether oxygens (including phenoxy) is 16. The number of rotatable bonds is 12. The van der Waals surface area contributed by atoms with E-state index in [1.54, 1.807) is 0 Å². The molecule has 40 atom stereocenters. The summed E-state index contributed by atoms with van der Waals surface area (Å²) in [7, 11) is 0. The van der Waals surface area contributed by atoms with Crippen molar-refractivity contribution in [1.29, 1.82) is 0 Å². The molecule has 0 aromatic rings. The quantitative estimate of drug-likeness (QED) is 0.0863. The average molecular weight is 1300 g/mol. The zero-order valence-corrected chi connectivity index (χ0v) is 46.0. The van der Waals surface area contributed by atoms with Crippen LogP contribution in [0.2, 0.25) is 0 Å². The number of aliphatic hydroxyl groups is 24. The number of hydrogen-bond donors (Lipinski definition) is 24. The van der Waals surface area contributed by atoms with E-state index < -0.39 is 299 Å². The normalized spacial score (nSPS) is 55.1. The molecule has 0 saturated carbocycles. The Kier molecular flexibility index (Phi) is 24.1. The van der Waals surface area contributed by atoms with Gasteiger partial charge in [-0.2, -0.15) is 0 Å². The summed E-state index contributed by atoms with van der Waals surface area (Å²) in [5.41, 5.74) is 0. The molecule has 0 unspecified atom stereocenters. The first-order chi connectivity index (χ1) is 41.9. The third-order valence-corrected chi connectivity index (χ3v) is 16.9. The maximum atomic E-state index is 11.9. The molecule has 24 fully saturated rings. The van der Waals surface area contributed by atoms with Crippen molar-refractivity contribution in [2.45, 2.75) is 246 Å². The number of aliphatic hydroxyl groups excluding tert-OH is 24. The van der Waals surface area contributed by atoms with Gasteiger partial charge in [0.1, 0.15) is 195 Å². The van der Waals surface area contributed by atoms with Crippen molar-refractivity contribution < 1.29 is 198 Å². The summed E-state index contributed by atoms with van der Waals surface area (Å²) >= 11 is 0. The van der Waals surface area contributed by atoms with Crippen LogP contribution >= 0.6 is 0 Å². The highest BCUT2D eigenvalue weighted by atomic mass is 16.8. The Bertz CT molecular complexity index is 2130. The molecule has 24 heterocycles. The molecule has 24 aliphatic rings. The van der Waals surface area contributed by atoms with E-state index in [9.17, 15) is 123 Å². The van der Waals surface area contributed by atoms with Crippen LogP contribution in [0.1, 0.15) is 0 Å². The first kappa shape index (κ1) is 70.7. The lowest BCUT2D eigenvalue weighted by Crippen LogP contribution is -2.69. The fourth-order valence-corrected chi connectivity index (χ4v) is 11.8. The van der Waals surface area contributed by atoms with Gasteiger partial charge in [-0.1, -0.05) is 0 Å². The predicted octanol–water partition coefficient (Wildman–Crippen LogP) is -17.4. The second-order valence-corrected chi connectivity index (χ2v) is 22.5. The molecule has 24 N–H and O–H groups in total. The molecule has 0 radical (unpaired) electrons. The first-order valence-corrected chi connectivity index (χ1v) is 28.1. The molecule has 0 amide bonds. The molecule has 0 spiro atoms. The zero-order valence-electron chi connectivity index (χ0n) is 46.0. The van der Waals surface area contributed by atoms with Gasteiger partial charge in [-0.25, -0.2) is 0 Å². The van der Waals surface area contributed by atoms with Crippen molar-refractivity contribution in [3.05, 3.63) is 0 Å². The fraction of sp³-hybridized carbons (Fsp3) is 1.00. The number of hydrogen-bond acceptors (Lipinski definition) is 40. The fourth-order valence-electron chi connectivity index (χ4n) is 11.8. The Labute approximate surface area is 496 Å². The molecule has 24 rings (SSSR count). The van der Waals surface area contributed by atoms with Crippen LogP contribution < -0.4 is 0 Å². The molecule has 0 aliphatic carbocycles. The highest BCUT2D eigenvalue weighted by Crippen LogP contribution is 2.39. The van der Waals surface area contributed by atoms with Gasteiger partial charge in [-0.3, -0.25) is 0 Å². The summed E-state index contributed by atoms with van der Waals surface area (Å²) in [4.78, 5) is 0. The van der Waals surface area contributed by atoms with E-state index in [1.165, 1.54) is 0 Å². The van der Waals surface area contributed by atoms with Crippen molar-refractivity contribution in [2.75, 3.05) is 52.9 Å². The minimum absolute atomic E-state index is 0.886. The zero-order chi connectivity index (χ0) is 64.1. The van der Waals surface area contributed by atoms with E-state index in [0.717, 1.165) is 0 Å². The Morgan fingerprint density at radius 3 is 0.739 bits per heavy atom. The van der Waals surface area contributed by atoms with E-state index in [0.29, 0.717) is 0 Å². The first-order valence-electron chi connectivity index (χ1n) is 28.1. The van der Waals surface area contributed by atoms with E-state index >= 15 is 0 Å². The molecule has 0 aromatic heterocycles. The van der Waals surface area contributed by atoms with Crippen molar-refractivity contribution in [2.24, 2.45) is 0 Å². The lowest BCUT2D eigenvalue weighted by atomic mass is 9.94. The van der Waals surface area contributed by atoms with E-state index in [-0.39, 0.29) is 0 Å². The third kappa shape index (κ3) is 13.9. The Morgan fingerprint density at radius 2 is 0.455 bits per heavy atom. The minimum Gasteiger partial charge on any atom is -0.394 e. The van der Waals surface area contributed by atoms with Crippen molar-refractivity contribution in [3.8, 4) is 0 Å². The van der Waals surface area contributed by atoms with Gasteiger partial charge in [0.15, 0.2) is 50.3 Å². The topological polar surface area (TPSA) is 633 Å². The molecule has 12 bridgehead atoms. The average Bonchev–Trinajstić information content (AvgIpc) is 1.80. The molecule has 88 heavy (non-hydrogen) atoms. The molecule has 24 saturated heterocycles. The predicted molar refractivity (Wildman–Crippen MR) is 261 cm³/mol. The smallest absolute Gasteiger partial charge is 0.187 e. The molecule has 24 aliphatic heterocycles. The lowest BCUT2D eigenvalue weighted by molar-refractivity contribution is -0.405. The van der Waals surface area contributed by atoms with Crippen LogP contribution in [0.3, 0.4) is 0 Å². The van der Waals surface area contributed by atoms with E-state index in [4.69, 9.17) is 75.8 Å². The van der Waals surface area contributed by atoms with E-state index in [1.807, 2.05) is 0 Å². The Hall–Kier alpha value is -1.60. The van der Waals surface area contributed by atoms with Gasteiger partial charge in [0, 0.05) is 0 Å². The molecular formula is C48H80O40. The van der Waals surface area contributed by atoms with Crippen molar-refractivity contribution in [3.63, 3.8) is 0 Å². The summed E-state index contributed by atoms with van der Waals surface area (Å²) in [5.74, 6) is 0. The largest absolute Gasteiger partial charge is 0.394 e. The Balaban J connectivity index is 1.00. The summed E-state index contributed by atoms with van der Waals surface area (Å²) in [5, 5.41) is 264. The highest BCUT2D eigenvalue weighted by Gasteiger charge is 2.60. The molecule has 40 nitrogen and oxygen atoms in total. The van der Waals surface area contributed by atoms with Crippen LogP contribution in [0.5, 0.6) is 0 Å². The molecule has 0 aromatic carbocycles. The standard InChI is InChI=1S/C48H80O40/c49-1-9-17(56)18(57)26(65)42(74-9)82-34-10(2-50)75-41(27(66)19(34)58)73-8-16-40-25(64)33(72)48(81-16)87-39-15(7-55)79-46(31(70)23(39)62)85-37-13(5-53)77-44(29(68)21(37)60)83-35-11(3-51)76-43(28(67)20(35)59)84-36-12(4-52)78-45(30(69)22(36)61)86-38-14(6-54)80-47(88-40)32(71)24(38)63/h9-72H,1-8H2/t9-,10-,11-,12-,13-,14-,15-,16-,17-,18+,19-,20-,21-,22-,23-,24-,25-,26-,27-,28-,29-,30-,31-,32-,33-,34-,35-,36-,37-,38-,39-,40-,41-,42-,43-,44-,45-,46-,47-,48-/m1/s1. The minimum atomic E-state index is -2.37. The van der Waals surface area contributed by atoms with Gasteiger partial charge in [-0.05, 0) is 0 Å².